The largest absolute Gasteiger partial charge is 0.494 e. The third-order valence-electron chi connectivity index (χ3n) is 6.36. The summed E-state index contributed by atoms with van der Waals surface area (Å²) in [6, 6.07) is 13.2. The van der Waals surface area contributed by atoms with Crippen LogP contribution in [0.1, 0.15) is 51.5 Å². The minimum Gasteiger partial charge on any atom is -0.494 e. The topological polar surface area (TPSA) is 108 Å². The molecule has 2 aromatic carbocycles. The lowest BCUT2D eigenvalue weighted by Gasteiger charge is -2.37. The highest BCUT2D eigenvalue weighted by atomic mass is 16.6. The number of esters is 2. The predicted octanol–water partition coefficient (Wildman–Crippen LogP) is 5.66. The molecule has 3 rings (SSSR count). The van der Waals surface area contributed by atoms with Crippen molar-refractivity contribution in [3.8, 4) is 5.75 Å². The quantitative estimate of drug-likeness (QED) is 0.175. The normalized spacial score (nSPS) is 14.0. The van der Waals surface area contributed by atoms with Crippen molar-refractivity contribution < 1.29 is 28.7 Å². The average molecular weight is 509 g/mol. The van der Waals surface area contributed by atoms with E-state index in [4.69, 9.17) is 14.2 Å². The SMILES string of the molecule is CCCCCOc1ccc(N2C(C)=C(C(=O)OC)C(c3cccc([N+](=O)[O-])c3)C(C(=O)OC)=C2C)cc1. The van der Waals surface area contributed by atoms with Crippen molar-refractivity contribution in [3.05, 3.63) is 86.7 Å². The van der Waals surface area contributed by atoms with Crippen molar-refractivity contribution in [2.45, 2.75) is 46.0 Å². The van der Waals surface area contributed by atoms with E-state index in [1.807, 2.05) is 24.3 Å². The number of non-ortho nitro benzene ring substituents is 1. The Balaban J connectivity index is 2.15. The van der Waals surface area contributed by atoms with Gasteiger partial charge in [0.1, 0.15) is 5.75 Å². The Morgan fingerprint density at radius 1 is 0.946 bits per heavy atom. The number of hydrogen-bond donors (Lipinski definition) is 0. The number of anilines is 1. The molecule has 1 aliphatic rings. The van der Waals surface area contributed by atoms with Gasteiger partial charge in [0.15, 0.2) is 0 Å². The number of carbonyl (C=O) groups excluding carboxylic acids is 2. The monoisotopic (exact) mass is 508 g/mol. The molecule has 0 bridgehead atoms. The van der Waals surface area contributed by atoms with Gasteiger partial charge in [-0.25, -0.2) is 9.59 Å². The number of allylic oxidation sites excluding steroid dienone is 2. The third-order valence-corrected chi connectivity index (χ3v) is 6.36. The highest BCUT2D eigenvalue weighted by Gasteiger charge is 2.41. The average Bonchev–Trinajstić information content (AvgIpc) is 2.90. The van der Waals surface area contributed by atoms with Crippen LogP contribution in [0.25, 0.3) is 0 Å². The molecule has 1 aliphatic heterocycles. The maximum absolute atomic E-state index is 13.1. The zero-order chi connectivity index (χ0) is 27.1. The number of hydrogen-bond acceptors (Lipinski definition) is 8. The molecule has 0 saturated carbocycles. The summed E-state index contributed by atoms with van der Waals surface area (Å²) in [6.45, 7) is 6.26. The molecule has 0 fully saturated rings. The minimum absolute atomic E-state index is 0.154. The fourth-order valence-corrected chi connectivity index (χ4v) is 4.58. The molecule has 0 aliphatic carbocycles. The number of methoxy groups -OCH3 is 2. The molecule has 9 nitrogen and oxygen atoms in total. The maximum atomic E-state index is 13.1. The van der Waals surface area contributed by atoms with Gasteiger partial charge in [-0.2, -0.15) is 0 Å². The predicted molar refractivity (Wildman–Crippen MR) is 139 cm³/mol. The van der Waals surface area contributed by atoms with E-state index in [9.17, 15) is 19.7 Å². The molecule has 1 heterocycles. The fraction of sp³-hybridized carbons (Fsp3) is 0.357. The van der Waals surface area contributed by atoms with E-state index in [0.29, 0.717) is 29.3 Å². The van der Waals surface area contributed by atoms with E-state index in [0.717, 1.165) is 25.0 Å². The lowest BCUT2D eigenvalue weighted by molar-refractivity contribution is -0.384. The molecule has 0 N–H and O–H groups in total. The fourth-order valence-electron chi connectivity index (χ4n) is 4.58. The van der Waals surface area contributed by atoms with E-state index in [1.165, 1.54) is 32.4 Å². The molecule has 9 heteroatoms. The van der Waals surface area contributed by atoms with E-state index in [2.05, 4.69) is 6.92 Å². The summed E-state index contributed by atoms with van der Waals surface area (Å²) in [6.07, 6.45) is 3.17. The number of nitrogens with zero attached hydrogens (tertiary/aromatic N) is 2. The van der Waals surface area contributed by atoms with Crippen molar-refractivity contribution in [1.82, 2.24) is 0 Å². The molecule has 0 spiro atoms. The van der Waals surface area contributed by atoms with Gasteiger partial charge in [-0.05, 0) is 50.1 Å². The highest BCUT2D eigenvalue weighted by Crippen LogP contribution is 2.45. The first kappa shape index (κ1) is 27.4. The second-order valence-electron chi connectivity index (χ2n) is 8.65. The standard InChI is InChI=1S/C28H32N2O7/c1-6-7-8-16-37-23-14-12-21(13-15-23)29-18(2)24(27(31)35-4)26(25(19(29)3)28(32)36-5)20-10-9-11-22(17-20)30(33)34/h9-15,17,26H,6-8,16H2,1-5H3. The van der Waals surface area contributed by atoms with Gasteiger partial charge in [0.2, 0.25) is 0 Å². The Hall–Kier alpha value is -4.14. The molecular formula is C28H32N2O7. The van der Waals surface area contributed by atoms with Crippen molar-refractivity contribution in [2.24, 2.45) is 0 Å². The number of nitro groups is 1. The van der Waals surface area contributed by atoms with Crippen molar-refractivity contribution in [2.75, 3.05) is 25.7 Å². The number of nitro benzene ring substituents is 1. The number of rotatable bonds is 10. The molecule has 2 aromatic rings. The van der Waals surface area contributed by atoms with Crippen LogP contribution in [-0.4, -0.2) is 37.7 Å². The van der Waals surface area contributed by atoms with Crippen LogP contribution in [0, 0.1) is 10.1 Å². The Labute approximate surface area is 216 Å². The first-order valence-electron chi connectivity index (χ1n) is 12.1. The molecule has 196 valence electrons. The number of ether oxygens (including phenoxy) is 3. The molecule has 0 unspecified atom stereocenters. The van der Waals surface area contributed by atoms with Crippen LogP contribution in [0.4, 0.5) is 11.4 Å². The lowest BCUT2D eigenvalue weighted by atomic mass is 9.79. The van der Waals surface area contributed by atoms with Crippen LogP contribution in [0.3, 0.4) is 0 Å². The van der Waals surface area contributed by atoms with E-state index in [-0.39, 0.29) is 16.8 Å². The van der Waals surface area contributed by atoms with Gasteiger partial charge >= 0.3 is 11.9 Å². The van der Waals surface area contributed by atoms with Gasteiger partial charge in [-0.1, -0.05) is 31.9 Å². The molecule has 37 heavy (non-hydrogen) atoms. The second kappa shape index (κ2) is 12.2. The lowest BCUT2D eigenvalue weighted by Crippen LogP contribution is -2.35. The van der Waals surface area contributed by atoms with E-state index in [1.54, 1.807) is 24.8 Å². The smallest absolute Gasteiger partial charge is 0.336 e. The first-order valence-corrected chi connectivity index (χ1v) is 12.1. The zero-order valence-corrected chi connectivity index (χ0v) is 21.8. The van der Waals surface area contributed by atoms with Gasteiger partial charge in [-0.3, -0.25) is 10.1 Å². The van der Waals surface area contributed by atoms with Crippen LogP contribution in [-0.2, 0) is 19.1 Å². The molecule has 0 radical (unpaired) electrons. The van der Waals surface area contributed by atoms with Gasteiger partial charge in [0, 0.05) is 29.2 Å². The summed E-state index contributed by atoms with van der Waals surface area (Å²) >= 11 is 0. The third kappa shape index (κ3) is 5.82. The number of carbonyl (C=O) groups is 2. The summed E-state index contributed by atoms with van der Waals surface area (Å²) < 4.78 is 16.0. The van der Waals surface area contributed by atoms with Crippen molar-refractivity contribution >= 4 is 23.3 Å². The zero-order valence-electron chi connectivity index (χ0n) is 21.8. The van der Waals surface area contributed by atoms with Crippen LogP contribution in [0.15, 0.2) is 71.1 Å². The van der Waals surface area contributed by atoms with Gasteiger partial charge < -0.3 is 19.1 Å². The molecular weight excluding hydrogens is 476 g/mol. The van der Waals surface area contributed by atoms with Crippen LogP contribution >= 0.6 is 0 Å². The Kier molecular flexibility index (Phi) is 9.05. The van der Waals surface area contributed by atoms with Gasteiger partial charge in [-0.15, -0.1) is 0 Å². The number of unbranched alkanes of at least 4 members (excludes halogenated alkanes) is 2. The Bertz CT molecular complexity index is 1190. The van der Waals surface area contributed by atoms with Crippen LogP contribution in [0.5, 0.6) is 5.75 Å². The maximum Gasteiger partial charge on any atom is 0.336 e. The van der Waals surface area contributed by atoms with Gasteiger partial charge in [0.25, 0.3) is 5.69 Å². The minimum atomic E-state index is -0.919. The summed E-state index contributed by atoms with van der Waals surface area (Å²) in [7, 11) is 2.51. The molecule has 0 amide bonds. The summed E-state index contributed by atoms with van der Waals surface area (Å²) in [5, 5.41) is 11.5. The molecule has 0 aromatic heterocycles. The summed E-state index contributed by atoms with van der Waals surface area (Å²) in [4.78, 5) is 38.9. The molecule has 0 atom stereocenters. The highest BCUT2D eigenvalue weighted by molar-refractivity contribution is 6.01. The van der Waals surface area contributed by atoms with E-state index >= 15 is 0 Å². The Morgan fingerprint density at radius 2 is 1.54 bits per heavy atom. The first-order chi connectivity index (χ1) is 17.7. The van der Waals surface area contributed by atoms with Crippen molar-refractivity contribution in [3.63, 3.8) is 0 Å². The second-order valence-corrected chi connectivity index (χ2v) is 8.65. The Morgan fingerprint density at radius 3 is 2.05 bits per heavy atom. The number of benzene rings is 2. The van der Waals surface area contributed by atoms with Crippen molar-refractivity contribution in [1.29, 1.82) is 0 Å². The summed E-state index contributed by atoms with van der Waals surface area (Å²) in [5.41, 5.74) is 2.40. The molecule has 0 saturated heterocycles. The van der Waals surface area contributed by atoms with Crippen LogP contribution < -0.4 is 9.64 Å². The van der Waals surface area contributed by atoms with E-state index < -0.39 is 22.8 Å². The van der Waals surface area contributed by atoms with Gasteiger partial charge in [0.05, 0.1) is 42.8 Å². The van der Waals surface area contributed by atoms with Crippen LogP contribution in [0.2, 0.25) is 0 Å². The summed E-state index contributed by atoms with van der Waals surface area (Å²) in [5.74, 6) is -1.50.